The summed E-state index contributed by atoms with van der Waals surface area (Å²) in [5, 5.41) is 9.70. The van der Waals surface area contributed by atoms with Gasteiger partial charge in [-0.1, -0.05) is 12.1 Å². The van der Waals surface area contributed by atoms with Crippen LogP contribution in [0.5, 0.6) is 5.75 Å². The van der Waals surface area contributed by atoms with Crippen LogP contribution < -0.4 is 11.3 Å². The molecule has 16 heavy (non-hydrogen) atoms. The average Bonchev–Trinajstić information content (AvgIpc) is 2.27. The molecule has 0 amide bonds. The van der Waals surface area contributed by atoms with Crippen LogP contribution in [0.2, 0.25) is 0 Å². The van der Waals surface area contributed by atoms with Crippen LogP contribution in [-0.2, 0) is 0 Å². The zero-order valence-corrected chi connectivity index (χ0v) is 8.84. The highest BCUT2D eigenvalue weighted by atomic mass is 16.3. The van der Waals surface area contributed by atoms with E-state index in [4.69, 9.17) is 5.73 Å². The normalized spacial score (nSPS) is 10.3. The molecule has 0 aliphatic carbocycles. The molecule has 4 heteroatoms. The quantitative estimate of drug-likeness (QED) is 0.757. The number of hydrogen-bond acceptors (Lipinski definition) is 3. The van der Waals surface area contributed by atoms with Gasteiger partial charge in [0.2, 0.25) is 0 Å². The van der Waals surface area contributed by atoms with Gasteiger partial charge in [-0.25, -0.2) is 0 Å². The van der Waals surface area contributed by atoms with Crippen LogP contribution in [0.1, 0.15) is 5.69 Å². The number of pyridine rings is 1. The second kappa shape index (κ2) is 3.73. The molecule has 4 nitrogen and oxygen atoms in total. The Balaban J connectivity index is 2.79. The second-order valence-corrected chi connectivity index (χ2v) is 3.56. The summed E-state index contributed by atoms with van der Waals surface area (Å²) in [6.07, 6.45) is 0. The highest BCUT2D eigenvalue weighted by Gasteiger charge is 2.08. The van der Waals surface area contributed by atoms with Crippen LogP contribution in [0.15, 0.2) is 41.2 Å². The molecule has 0 atom stereocenters. The van der Waals surface area contributed by atoms with E-state index >= 15 is 0 Å². The number of nitrogens with two attached hydrogens (primary N) is 1. The fraction of sp³-hybridized carbons (Fsp3) is 0.0833. The molecule has 3 N–H and O–H groups in total. The Kier molecular flexibility index (Phi) is 2.40. The first-order valence-corrected chi connectivity index (χ1v) is 4.88. The molecule has 1 heterocycles. The number of phenols is 1. The Labute approximate surface area is 92.6 Å². The fourth-order valence-electron chi connectivity index (χ4n) is 1.60. The molecule has 0 fully saturated rings. The highest BCUT2D eigenvalue weighted by molar-refractivity contribution is 5.49. The summed E-state index contributed by atoms with van der Waals surface area (Å²) in [7, 11) is 0. The number of anilines is 1. The van der Waals surface area contributed by atoms with Crippen molar-refractivity contribution < 1.29 is 5.11 Å². The third kappa shape index (κ3) is 1.54. The minimum absolute atomic E-state index is 0.0540. The molecule has 0 bridgehead atoms. The zero-order valence-electron chi connectivity index (χ0n) is 8.84. The molecule has 1 aromatic heterocycles. The maximum atomic E-state index is 11.9. The van der Waals surface area contributed by atoms with Gasteiger partial charge in [0, 0.05) is 5.69 Å². The van der Waals surface area contributed by atoms with Gasteiger partial charge in [0.25, 0.3) is 5.56 Å². The highest BCUT2D eigenvalue weighted by Crippen LogP contribution is 2.20. The second-order valence-electron chi connectivity index (χ2n) is 3.56. The van der Waals surface area contributed by atoms with Gasteiger partial charge < -0.3 is 10.8 Å². The van der Waals surface area contributed by atoms with Crippen molar-refractivity contribution in [3.05, 3.63) is 52.4 Å². The standard InChI is InChI=1S/C12H12N2O2/c1-8-6-7-9(13)12(16)14(8)10-4-2-3-5-11(10)15/h2-7,15H,13H2,1H3. The summed E-state index contributed by atoms with van der Waals surface area (Å²) in [5.74, 6) is 0.0540. The predicted molar refractivity (Wildman–Crippen MR) is 62.9 cm³/mol. The topological polar surface area (TPSA) is 68.2 Å². The molecule has 0 unspecified atom stereocenters. The zero-order chi connectivity index (χ0) is 11.7. The third-order valence-electron chi connectivity index (χ3n) is 2.43. The number of benzene rings is 1. The van der Waals surface area contributed by atoms with Crippen LogP contribution in [0.25, 0.3) is 5.69 Å². The van der Waals surface area contributed by atoms with Gasteiger partial charge in [0.05, 0.1) is 11.4 Å². The van der Waals surface area contributed by atoms with E-state index in [-0.39, 0.29) is 17.0 Å². The Morgan fingerprint density at radius 1 is 1.19 bits per heavy atom. The van der Waals surface area contributed by atoms with Crippen LogP contribution in [-0.4, -0.2) is 9.67 Å². The average molecular weight is 216 g/mol. The molecule has 0 saturated heterocycles. The van der Waals surface area contributed by atoms with Crippen LogP contribution in [0.4, 0.5) is 5.69 Å². The van der Waals surface area contributed by atoms with Gasteiger partial charge >= 0.3 is 0 Å². The number of para-hydroxylation sites is 2. The number of aromatic nitrogens is 1. The molecule has 0 radical (unpaired) electrons. The van der Waals surface area contributed by atoms with Crippen molar-refractivity contribution in [1.82, 2.24) is 4.57 Å². The predicted octanol–water partition coefficient (Wildman–Crippen LogP) is 1.43. The maximum Gasteiger partial charge on any atom is 0.278 e. The first kappa shape index (κ1) is 10.3. The number of nitrogens with zero attached hydrogens (tertiary/aromatic N) is 1. The van der Waals surface area contributed by atoms with Crippen molar-refractivity contribution in [2.45, 2.75) is 6.92 Å². The van der Waals surface area contributed by atoms with Crippen LogP contribution in [0.3, 0.4) is 0 Å². The van der Waals surface area contributed by atoms with E-state index in [1.54, 1.807) is 37.3 Å². The van der Waals surface area contributed by atoms with Crippen LogP contribution >= 0.6 is 0 Å². The molecule has 0 spiro atoms. The van der Waals surface area contributed by atoms with Crippen molar-refractivity contribution in [3.8, 4) is 11.4 Å². The molecule has 82 valence electrons. The van der Waals surface area contributed by atoms with E-state index in [0.717, 1.165) is 5.69 Å². The van der Waals surface area contributed by atoms with E-state index < -0.39 is 0 Å². The van der Waals surface area contributed by atoms with E-state index in [9.17, 15) is 9.90 Å². The first-order valence-electron chi connectivity index (χ1n) is 4.88. The van der Waals surface area contributed by atoms with Crippen molar-refractivity contribution in [2.75, 3.05) is 5.73 Å². The summed E-state index contributed by atoms with van der Waals surface area (Å²) in [4.78, 5) is 11.9. The smallest absolute Gasteiger partial charge is 0.278 e. The summed E-state index contributed by atoms with van der Waals surface area (Å²) in [6.45, 7) is 1.78. The number of aromatic hydroxyl groups is 1. The van der Waals surface area contributed by atoms with E-state index in [0.29, 0.717) is 5.69 Å². The lowest BCUT2D eigenvalue weighted by Crippen LogP contribution is -2.23. The van der Waals surface area contributed by atoms with E-state index in [2.05, 4.69) is 0 Å². The molecule has 1 aromatic carbocycles. The number of rotatable bonds is 1. The molecule has 0 aliphatic rings. The number of hydrogen-bond donors (Lipinski definition) is 2. The van der Waals surface area contributed by atoms with Gasteiger partial charge in [-0.05, 0) is 31.2 Å². The Morgan fingerprint density at radius 2 is 1.88 bits per heavy atom. The summed E-state index contributed by atoms with van der Waals surface area (Å²) < 4.78 is 1.39. The summed E-state index contributed by atoms with van der Waals surface area (Å²) in [6, 6.07) is 9.96. The third-order valence-corrected chi connectivity index (χ3v) is 2.43. The molecule has 2 aromatic rings. The van der Waals surface area contributed by atoms with E-state index in [1.165, 1.54) is 10.6 Å². The van der Waals surface area contributed by atoms with Crippen molar-refractivity contribution >= 4 is 5.69 Å². The van der Waals surface area contributed by atoms with Gasteiger partial charge in [-0.3, -0.25) is 9.36 Å². The molecular weight excluding hydrogens is 204 g/mol. The number of phenolic OH excluding ortho intramolecular Hbond substituents is 1. The van der Waals surface area contributed by atoms with E-state index in [1.807, 2.05) is 0 Å². The monoisotopic (exact) mass is 216 g/mol. The number of aryl methyl sites for hydroxylation is 1. The van der Waals surface area contributed by atoms with Crippen LogP contribution in [0, 0.1) is 6.92 Å². The Morgan fingerprint density at radius 3 is 2.56 bits per heavy atom. The lowest BCUT2D eigenvalue weighted by atomic mass is 10.2. The lowest BCUT2D eigenvalue weighted by Gasteiger charge is -2.11. The Bertz CT molecular complexity index is 588. The molecule has 0 saturated carbocycles. The van der Waals surface area contributed by atoms with Gasteiger partial charge in [0.1, 0.15) is 5.75 Å². The van der Waals surface area contributed by atoms with Gasteiger partial charge in [-0.15, -0.1) is 0 Å². The summed E-state index contributed by atoms with van der Waals surface area (Å²) in [5.41, 5.74) is 6.57. The largest absolute Gasteiger partial charge is 0.506 e. The van der Waals surface area contributed by atoms with Crippen molar-refractivity contribution in [2.24, 2.45) is 0 Å². The van der Waals surface area contributed by atoms with Crippen molar-refractivity contribution in [1.29, 1.82) is 0 Å². The first-order chi connectivity index (χ1) is 7.61. The van der Waals surface area contributed by atoms with Gasteiger partial charge in [0.15, 0.2) is 0 Å². The van der Waals surface area contributed by atoms with Crippen molar-refractivity contribution in [3.63, 3.8) is 0 Å². The minimum atomic E-state index is -0.318. The summed E-state index contributed by atoms with van der Waals surface area (Å²) >= 11 is 0. The number of nitrogen functional groups attached to an aromatic ring is 1. The fourth-order valence-corrected chi connectivity index (χ4v) is 1.60. The molecule has 2 rings (SSSR count). The SMILES string of the molecule is Cc1ccc(N)c(=O)n1-c1ccccc1O. The lowest BCUT2D eigenvalue weighted by molar-refractivity contribution is 0.471. The molecular formula is C12H12N2O2. The minimum Gasteiger partial charge on any atom is -0.506 e. The molecule has 0 aliphatic heterocycles. The Hall–Kier alpha value is -2.23. The maximum absolute atomic E-state index is 11.9. The van der Waals surface area contributed by atoms with Gasteiger partial charge in [-0.2, -0.15) is 0 Å².